The van der Waals surface area contributed by atoms with Gasteiger partial charge in [-0.25, -0.2) is 0 Å². The van der Waals surface area contributed by atoms with Crippen LogP contribution < -0.4 is 0 Å². The molecule has 3 heterocycles. The Balaban J connectivity index is 1.49. The number of hydrogen-bond acceptors (Lipinski definition) is 6. The molecule has 0 bridgehead atoms. The maximum atomic E-state index is 12.8. The van der Waals surface area contributed by atoms with Gasteiger partial charge in [-0.3, -0.25) is 9.78 Å². The Morgan fingerprint density at radius 1 is 1.19 bits per heavy atom. The molecular weight excluding hydrogens is 332 g/mol. The first-order valence-corrected chi connectivity index (χ1v) is 9.40. The molecule has 1 aliphatic heterocycles. The average molecular weight is 356 g/mol. The van der Waals surface area contributed by atoms with Crippen molar-refractivity contribution in [1.82, 2.24) is 20.0 Å². The van der Waals surface area contributed by atoms with Gasteiger partial charge in [-0.15, -0.1) is 0 Å². The smallest absolute Gasteiger partial charge is 0.232 e. The maximum absolute atomic E-state index is 12.8. The third-order valence-corrected chi connectivity index (χ3v) is 5.64. The molecular formula is C19H24N4O3. The van der Waals surface area contributed by atoms with Crippen molar-refractivity contribution in [2.75, 3.05) is 19.7 Å². The number of aliphatic hydroxyl groups excluding tert-OH is 1. The molecule has 7 heteroatoms. The van der Waals surface area contributed by atoms with Crippen LogP contribution in [0.1, 0.15) is 43.9 Å². The number of amides is 1. The molecule has 7 nitrogen and oxygen atoms in total. The number of likely N-dealkylation sites (tertiary alicyclic amines) is 1. The molecule has 1 N–H and O–H groups in total. The van der Waals surface area contributed by atoms with Gasteiger partial charge in [-0.2, -0.15) is 4.98 Å². The van der Waals surface area contributed by atoms with Gasteiger partial charge in [0.15, 0.2) is 0 Å². The molecule has 0 spiro atoms. The molecule has 138 valence electrons. The number of rotatable bonds is 4. The molecule has 2 atom stereocenters. The Kier molecular flexibility index (Phi) is 4.97. The highest BCUT2D eigenvalue weighted by Gasteiger charge is 2.40. The van der Waals surface area contributed by atoms with Crippen LogP contribution in [0.2, 0.25) is 0 Å². The first-order valence-electron chi connectivity index (χ1n) is 9.40. The quantitative estimate of drug-likeness (QED) is 0.903. The van der Waals surface area contributed by atoms with Gasteiger partial charge in [-0.05, 0) is 25.0 Å². The van der Waals surface area contributed by atoms with Crippen LogP contribution >= 0.6 is 0 Å². The second-order valence-corrected chi connectivity index (χ2v) is 7.32. The molecule has 2 aromatic heterocycles. The zero-order valence-corrected chi connectivity index (χ0v) is 14.8. The van der Waals surface area contributed by atoms with E-state index in [2.05, 4.69) is 15.1 Å². The van der Waals surface area contributed by atoms with Crippen molar-refractivity contribution in [2.24, 2.45) is 11.8 Å². The Bertz CT molecular complexity index is 742. The molecule has 0 aromatic carbocycles. The van der Waals surface area contributed by atoms with Crippen LogP contribution in [0, 0.1) is 11.8 Å². The number of carbonyl (C=O) groups is 1. The Morgan fingerprint density at radius 2 is 1.96 bits per heavy atom. The van der Waals surface area contributed by atoms with Crippen molar-refractivity contribution >= 4 is 5.91 Å². The molecule has 2 aliphatic rings. The van der Waals surface area contributed by atoms with Crippen LogP contribution in [-0.4, -0.2) is 50.7 Å². The summed E-state index contributed by atoms with van der Waals surface area (Å²) in [6.45, 7) is 1.11. The van der Waals surface area contributed by atoms with Gasteiger partial charge in [0.05, 0.1) is 5.92 Å². The number of carbonyl (C=O) groups excluding carboxylic acids is 1. The summed E-state index contributed by atoms with van der Waals surface area (Å²) in [6.07, 6.45) is 8.83. The minimum Gasteiger partial charge on any atom is -0.396 e. The fourth-order valence-corrected chi connectivity index (χ4v) is 4.13. The van der Waals surface area contributed by atoms with Crippen molar-refractivity contribution in [3.05, 3.63) is 30.4 Å². The van der Waals surface area contributed by atoms with Gasteiger partial charge in [-0.1, -0.05) is 24.4 Å². The van der Waals surface area contributed by atoms with E-state index < -0.39 is 0 Å². The second kappa shape index (κ2) is 7.53. The number of aliphatic hydroxyl groups is 1. The normalized spacial score (nSPS) is 24.1. The standard InChI is InChI=1S/C19H24N4O3/c24-12-15-10-23(19(25)14-4-2-1-3-5-14)11-16(15)18-21-17(22-26-18)13-6-8-20-9-7-13/h6-9,14-16,24H,1-5,10-12H2/t15-,16+/m0/s1. The molecule has 2 aromatic rings. The fourth-order valence-electron chi connectivity index (χ4n) is 4.13. The van der Waals surface area contributed by atoms with Crippen molar-refractivity contribution in [1.29, 1.82) is 0 Å². The number of aromatic nitrogens is 3. The van der Waals surface area contributed by atoms with E-state index >= 15 is 0 Å². The predicted molar refractivity (Wildman–Crippen MR) is 94.0 cm³/mol. The Labute approximate surface area is 152 Å². The highest BCUT2D eigenvalue weighted by atomic mass is 16.5. The van der Waals surface area contributed by atoms with E-state index in [0.29, 0.717) is 24.8 Å². The summed E-state index contributed by atoms with van der Waals surface area (Å²) >= 11 is 0. The van der Waals surface area contributed by atoms with Crippen LogP contribution in [0.15, 0.2) is 29.0 Å². The zero-order valence-electron chi connectivity index (χ0n) is 14.8. The first-order chi connectivity index (χ1) is 12.8. The topological polar surface area (TPSA) is 92.4 Å². The van der Waals surface area contributed by atoms with Crippen molar-refractivity contribution in [2.45, 2.75) is 38.0 Å². The first kappa shape index (κ1) is 17.1. The largest absolute Gasteiger partial charge is 0.396 e. The summed E-state index contributed by atoms with van der Waals surface area (Å²) in [5, 5.41) is 13.9. The lowest BCUT2D eigenvalue weighted by atomic mass is 9.88. The van der Waals surface area contributed by atoms with Crippen molar-refractivity contribution < 1.29 is 14.4 Å². The summed E-state index contributed by atoms with van der Waals surface area (Å²) in [4.78, 5) is 23.2. The number of pyridine rings is 1. The minimum atomic E-state index is -0.115. The lowest BCUT2D eigenvalue weighted by Crippen LogP contribution is -2.35. The van der Waals surface area contributed by atoms with E-state index in [4.69, 9.17) is 4.52 Å². The van der Waals surface area contributed by atoms with E-state index in [1.165, 1.54) is 6.42 Å². The van der Waals surface area contributed by atoms with Gasteiger partial charge >= 0.3 is 0 Å². The maximum Gasteiger partial charge on any atom is 0.232 e. The third kappa shape index (κ3) is 3.35. The molecule has 1 saturated heterocycles. The molecule has 2 fully saturated rings. The lowest BCUT2D eigenvalue weighted by Gasteiger charge is -2.26. The van der Waals surface area contributed by atoms with Crippen molar-refractivity contribution in [3.63, 3.8) is 0 Å². The fraction of sp³-hybridized carbons (Fsp3) is 0.579. The monoisotopic (exact) mass is 356 g/mol. The Hall–Kier alpha value is -2.28. The third-order valence-electron chi connectivity index (χ3n) is 5.64. The van der Waals surface area contributed by atoms with Crippen LogP contribution in [0.3, 0.4) is 0 Å². The SMILES string of the molecule is O=C(C1CCCCC1)N1C[C@@H](CO)[C@H](c2nc(-c3ccncc3)no2)C1. The van der Waals surface area contributed by atoms with Crippen LogP contribution in [0.5, 0.6) is 0 Å². The van der Waals surface area contributed by atoms with E-state index in [0.717, 1.165) is 31.2 Å². The average Bonchev–Trinajstić information content (AvgIpc) is 3.35. The lowest BCUT2D eigenvalue weighted by molar-refractivity contribution is -0.135. The molecule has 1 saturated carbocycles. The molecule has 26 heavy (non-hydrogen) atoms. The zero-order chi connectivity index (χ0) is 17.9. The van der Waals surface area contributed by atoms with E-state index in [-0.39, 0.29) is 30.3 Å². The molecule has 0 radical (unpaired) electrons. The highest BCUT2D eigenvalue weighted by molar-refractivity contribution is 5.79. The van der Waals surface area contributed by atoms with Crippen LogP contribution in [-0.2, 0) is 4.79 Å². The van der Waals surface area contributed by atoms with Gasteiger partial charge < -0.3 is 14.5 Å². The van der Waals surface area contributed by atoms with Crippen LogP contribution in [0.25, 0.3) is 11.4 Å². The minimum absolute atomic E-state index is 0.00604. The molecule has 4 rings (SSSR count). The molecule has 1 amide bonds. The number of nitrogens with zero attached hydrogens (tertiary/aromatic N) is 4. The summed E-state index contributed by atoms with van der Waals surface area (Å²) in [5.74, 6) is 1.19. The van der Waals surface area contributed by atoms with Gasteiger partial charge in [0.2, 0.25) is 17.6 Å². The van der Waals surface area contributed by atoms with Crippen molar-refractivity contribution in [3.8, 4) is 11.4 Å². The highest BCUT2D eigenvalue weighted by Crippen LogP contribution is 2.35. The van der Waals surface area contributed by atoms with Gasteiger partial charge in [0.1, 0.15) is 0 Å². The molecule has 1 aliphatic carbocycles. The summed E-state index contributed by atoms with van der Waals surface area (Å²) in [6, 6.07) is 3.65. The summed E-state index contributed by atoms with van der Waals surface area (Å²) < 4.78 is 5.48. The van der Waals surface area contributed by atoms with E-state index in [1.54, 1.807) is 12.4 Å². The Morgan fingerprint density at radius 3 is 2.69 bits per heavy atom. The summed E-state index contributed by atoms with van der Waals surface area (Å²) in [7, 11) is 0. The number of hydrogen-bond donors (Lipinski definition) is 1. The van der Waals surface area contributed by atoms with E-state index in [1.807, 2.05) is 17.0 Å². The van der Waals surface area contributed by atoms with Gasteiger partial charge in [0, 0.05) is 49.5 Å². The summed E-state index contributed by atoms with van der Waals surface area (Å²) in [5.41, 5.74) is 0.837. The molecule has 0 unspecified atom stereocenters. The second-order valence-electron chi connectivity index (χ2n) is 7.32. The van der Waals surface area contributed by atoms with Crippen LogP contribution in [0.4, 0.5) is 0 Å². The predicted octanol–water partition coefficient (Wildman–Crippen LogP) is 2.25. The van der Waals surface area contributed by atoms with Gasteiger partial charge in [0.25, 0.3) is 0 Å². The van der Waals surface area contributed by atoms with E-state index in [9.17, 15) is 9.90 Å².